The third-order valence-corrected chi connectivity index (χ3v) is 5.17. The Labute approximate surface area is 181 Å². The molecule has 0 fully saturated rings. The normalized spacial score (nSPS) is 10.6. The number of aromatic nitrogens is 5. The fourth-order valence-electron chi connectivity index (χ4n) is 2.79. The average Bonchev–Trinajstić information content (AvgIpc) is 3.23. The summed E-state index contributed by atoms with van der Waals surface area (Å²) < 4.78 is 1.63. The van der Waals surface area contributed by atoms with Gasteiger partial charge in [0.1, 0.15) is 0 Å². The highest BCUT2D eigenvalue weighted by atomic mass is 32.2. The third kappa shape index (κ3) is 4.75. The molecule has 9 nitrogen and oxygen atoms in total. The lowest BCUT2D eigenvalue weighted by Gasteiger charge is -2.08. The van der Waals surface area contributed by atoms with Gasteiger partial charge in [-0.2, -0.15) is 0 Å². The first kappa shape index (κ1) is 20.2. The minimum absolute atomic E-state index is 0.186. The van der Waals surface area contributed by atoms with Crippen molar-refractivity contribution in [2.45, 2.75) is 10.9 Å². The lowest BCUT2D eigenvalue weighted by atomic mass is 10.2. The molecule has 0 radical (unpaired) electrons. The van der Waals surface area contributed by atoms with E-state index in [1.54, 1.807) is 47.4 Å². The van der Waals surface area contributed by atoms with E-state index in [0.717, 1.165) is 5.69 Å². The number of carbonyl (C=O) groups is 2. The van der Waals surface area contributed by atoms with Crippen LogP contribution in [0.25, 0.3) is 5.69 Å². The number of thioether (sulfide) groups is 1. The predicted octanol–water partition coefficient (Wildman–Crippen LogP) is 2.70. The van der Waals surface area contributed by atoms with Gasteiger partial charge < -0.3 is 11.1 Å². The lowest BCUT2D eigenvalue weighted by Crippen LogP contribution is -2.16. The number of nitrogens with one attached hydrogen (secondary N) is 1. The Kier molecular flexibility index (Phi) is 5.99. The molecule has 0 aliphatic carbocycles. The first-order valence-corrected chi connectivity index (χ1v) is 10.2. The average molecular weight is 431 g/mol. The number of hydrogen-bond acceptors (Lipinski definition) is 7. The summed E-state index contributed by atoms with van der Waals surface area (Å²) in [6.45, 7) is 0. The zero-order valence-corrected chi connectivity index (χ0v) is 17.0. The highest BCUT2D eigenvalue weighted by Gasteiger charge is 2.21. The van der Waals surface area contributed by atoms with Crippen LogP contribution in [-0.2, 0) is 5.75 Å². The number of nitrogens with two attached hydrogens (primary N) is 1. The number of carbonyl (C=O) groups excluding carboxylic acids is 2. The van der Waals surface area contributed by atoms with Crippen molar-refractivity contribution in [3.05, 3.63) is 90.0 Å². The maximum Gasteiger partial charge on any atom is 0.278 e. The van der Waals surface area contributed by atoms with Crippen LogP contribution in [0.15, 0.2) is 78.2 Å². The van der Waals surface area contributed by atoms with E-state index < -0.39 is 11.8 Å². The molecule has 0 bridgehead atoms. The zero-order chi connectivity index (χ0) is 21.6. The van der Waals surface area contributed by atoms with Gasteiger partial charge in [-0.05, 0) is 42.5 Å². The van der Waals surface area contributed by atoms with E-state index in [-0.39, 0.29) is 5.69 Å². The number of primary amides is 1. The largest absolute Gasteiger partial charge is 0.366 e. The van der Waals surface area contributed by atoms with Gasteiger partial charge in [0.25, 0.3) is 5.91 Å². The van der Waals surface area contributed by atoms with E-state index in [1.165, 1.54) is 11.8 Å². The second-order valence-corrected chi connectivity index (χ2v) is 7.29. The van der Waals surface area contributed by atoms with Gasteiger partial charge >= 0.3 is 0 Å². The summed E-state index contributed by atoms with van der Waals surface area (Å²) in [5.41, 5.74) is 7.69. The van der Waals surface area contributed by atoms with E-state index in [1.807, 2.05) is 30.3 Å². The van der Waals surface area contributed by atoms with Gasteiger partial charge in [-0.1, -0.05) is 35.2 Å². The summed E-state index contributed by atoms with van der Waals surface area (Å²) in [5, 5.41) is 11.7. The fourth-order valence-corrected chi connectivity index (χ4v) is 3.58. The van der Waals surface area contributed by atoms with Crippen molar-refractivity contribution in [3.8, 4) is 5.69 Å². The monoisotopic (exact) mass is 431 g/mol. The molecule has 154 valence electrons. The Morgan fingerprint density at radius 2 is 1.68 bits per heavy atom. The number of benzene rings is 2. The van der Waals surface area contributed by atoms with Crippen LogP contribution in [0.1, 0.15) is 26.5 Å². The van der Waals surface area contributed by atoms with Crippen LogP contribution < -0.4 is 11.1 Å². The van der Waals surface area contributed by atoms with Crippen LogP contribution >= 0.6 is 11.8 Å². The summed E-state index contributed by atoms with van der Waals surface area (Å²) >= 11 is 1.38. The van der Waals surface area contributed by atoms with Crippen molar-refractivity contribution >= 4 is 29.3 Å². The van der Waals surface area contributed by atoms with Gasteiger partial charge in [0.2, 0.25) is 5.91 Å². The number of nitrogens with zero attached hydrogens (tertiary/aromatic N) is 5. The Bertz CT molecular complexity index is 1200. The van der Waals surface area contributed by atoms with Gasteiger partial charge in [-0.25, -0.2) is 14.6 Å². The van der Waals surface area contributed by atoms with Gasteiger partial charge in [0.15, 0.2) is 10.9 Å². The predicted molar refractivity (Wildman–Crippen MR) is 116 cm³/mol. The molecular weight excluding hydrogens is 414 g/mol. The highest BCUT2D eigenvalue weighted by Crippen LogP contribution is 2.23. The van der Waals surface area contributed by atoms with E-state index in [2.05, 4.69) is 25.6 Å². The number of para-hydroxylation sites is 1. The second-order valence-electron chi connectivity index (χ2n) is 6.35. The number of hydrogen-bond donors (Lipinski definition) is 2. The quantitative estimate of drug-likeness (QED) is 0.340. The lowest BCUT2D eigenvalue weighted by molar-refractivity contribution is 0.0997. The molecule has 2 amide bonds. The number of rotatable bonds is 7. The molecule has 0 saturated heterocycles. The van der Waals surface area contributed by atoms with Gasteiger partial charge in [0.05, 0.1) is 11.4 Å². The maximum atomic E-state index is 13.0. The van der Waals surface area contributed by atoms with E-state index in [4.69, 9.17) is 5.73 Å². The Balaban J connectivity index is 1.62. The van der Waals surface area contributed by atoms with E-state index in [9.17, 15) is 9.59 Å². The molecule has 3 N–H and O–H groups in total. The summed E-state index contributed by atoms with van der Waals surface area (Å²) in [7, 11) is 0. The molecule has 0 aliphatic rings. The van der Waals surface area contributed by atoms with E-state index >= 15 is 0 Å². The fraction of sp³-hybridized carbons (Fsp3) is 0.0476. The minimum atomic E-state index is -0.536. The topological polar surface area (TPSA) is 129 Å². The molecule has 10 heteroatoms. The molecule has 0 unspecified atom stereocenters. The maximum absolute atomic E-state index is 13.0. The van der Waals surface area contributed by atoms with Crippen molar-refractivity contribution in [2.24, 2.45) is 5.73 Å². The summed E-state index contributed by atoms with van der Waals surface area (Å²) in [6, 6.07) is 17.5. The Morgan fingerprint density at radius 3 is 2.35 bits per heavy atom. The molecule has 4 aromatic rings. The van der Waals surface area contributed by atoms with Crippen LogP contribution in [-0.4, -0.2) is 36.8 Å². The first-order chi connectivity index (χ1) is 15.1. The Hall–Kier alpha value is -4.05. The van der Waals surface area contributed by atoms with Gasteiger partial charge in [-0.3, -0.25) is 9.59 Å². The molecular formula is C21H17N7O2S. The molecule has 0 saturated carbocycles. The molecule has 0 aliphatic heterocycles. The van der Waals surface area contributed by atoms with Crippen LogP contribution in [0.5, 0.6) is 0 Å². The molecule has 2 aromatic heterocycles. The first-order valence-electron chi connectivity index (χ1n) is 9.23. The summed E-state index contributed by atoms with van der Waals surface area (Å²) in [6.07, 6.45) is 3.32. The SMILES string of the molecule is NC(=O)c1ccc(NC(=O)c2nnn(-c3ccccc3)c2CSc2ncccn2)cc1. The van der Waals surface area contributed by atoms with Crippen LogP contribution in [0, 0.1) is 0 Å². The number of amides is 2. The van der Waals surface area contributed by atoms with Crippen LogP contribution in [0.4, 0.5) is 5.69 Å². The van der Waals surface area contributed by atoms with Crippen molar-refractivity contribution in [1.82, 2.24) is 25.0 Å². The van der Waals surface area contributed by atoms with E-state index in [0.29, 0.717) is 27.9 Å². The van der Waals surface area contributed by atoms with Crippen LogP contribution in [0.2, 0.25) is 0 Å². The molecule has 0 atom stereocenters. The van der Waals surface area contributed by atoms with Gasteiger partial charge in [0, 0.05) is 29.4 Å². The van der Waals surface area contributed by atoms with Crippen molar-refractivity contribution in [1.29, 1.82) is 0 Å². The second kappa shape index (κ2) is 9.18. The molecule has 2 heterocycles. The zero-order valence-electron chi connectivity index (χ0n) is 16.2. The Morgan fingerprint density at radius 1 is 0.968 bits per heavy atom. The van der Waals surface area contributed by atoms with Crippen molar-refractivity contribution in [2.75, 3.05) is 5.32 Å². The number of anilines is 1. The molecule has 2 aromatic carbocycles. The molecule has 4 rings (SSSR count). The van der Waals surface area contributed by atoms with Crippen LogP contribution in [0.3, 0.4) is 0 Å². The summed E-state index contributed by atoms with van der Waals surface area (Å²) in [5.74, 6) is -0.570. The third-order valence-electron chi connectivity index (χ3n) is 4.29. The minimum Gasteiger partial charge on any atom is -0.366 e. The molecule has 0 spiro atoms. The van der Waals surface area contributed by atoms with Gasteiger partial charge in [-0.15, -0.1) is 5.10 Å². The highest BCUT2D eigenvalue weighted by molar-refractivity contribution is 7.98. The van der Waals surface area contributed by atoms with Crippen molar-refractivity contribution < 1.29 is 9.59 Å². The smallest absolute Gasteiger partial charge is 0.278 e. The van der Waals surface area contributed by atoms with Crippen molar-refractivity contribution in [3.63, 3.8) is 0 Å². The summed E-state index contributed by atoms with van der Waals surface area (Å²) in [4.78, 5) is 32.6. The standard InChI is InChI=1S/C21H17N7O2S/c22-19(29)14-7-9-15(10-8-14)25-20(30)18-17(13-31-21-23-11-4-12-24-21)28(27-26-18)16-5-2-1-3-6-16/h1-12H,13H2,(H2,22,29)(H,25,30). The molecule has 31 heavy (non-hydrogen) atoms.